The van der Waals surface area contributed by atoms with Crippen LogP contribution in [0.25, 0.3) is 0 Å². The van der Waals surface area contributed by atoms with Gasteiger partial charge in [0.2, 0.25) is 0 Å². The van der Waals surface area contributed by atoms with Crippen molar-refractivity contribution < 1.29 is 18.3 Å². The highest BCUT2D eigenvalue weighted by molar-refractivity contribution is 9.10. The Kier molecular flexibility index (Phi) is 5.62. The molecular weight excluding hydrogens is 311 g/mol. The van der Waals surface area contributed by atoms with Gasteiger partial charge in [0.05, 0.1) is 12.5 Å². The first kappa shape index (κ1) is 15.5. The predicted octanol–water partition coefficient (Wildman–Crippen LogP) is 3.37. The van der Waals surface area contributed by atoms with Crippen LogP contribution in [-0.4, -0.2) is 36.3 Å². The molecule has 1 aromatic carbocycles. The van der Waals surface area contributed by atoms with Gasteiger partial charge >= 0.3 is 6.18 Å². The summed E-state index contributed by atoms with van der Waals surface area (Å²) >= 11 is 3.28. The van der Waals surface area contributed by atoms with Crippen LogP contribution in [0.3, 0.4) is 0 Å². The molecule has 0 spiro atoms. The Morgan fingerprint density at radius 2 is 1.83 bits per heavy atom. The number of likely N-dealkylation sites (N-methyl/N-ethyl adjacent to an activating group) is 1. The molecule has 1 aromatic rings. The molecule has 1 unspecified atom stereocenters. The highest BCUT2D eigenvalue weighted by Gasteiger charge is 2.27. The SMILES string of the molecule is CN(CCC(F)(F)F)CC(O)c1ccc(Br)cc1. The Balaban J connectivity index is 2.44. The largest absolute Gasteiger partial charge is 0.390 e. The molecule has 0 aliphatic rings. The quantitative estimate of drug-likeness (QED) is 0.897. The molecule has 0 saturated carbocycles. The fourth-order valence-electron chi connectivity index (χ4n) is 1.49. The van der Waals surface area contributed by atoms with E-state index in [1.54, 1.807) is 31.3 Å². The number of halogens is 4. The molecule has 18 heavy (non-hydrogen) atoms. The van der Waals surface area contributed by atoms with Gasteiger partial charge in [-0.2, -0.15) is 13.2 Å². The third-order valence-electron chi connectivity index (χ3n) is 2.52. The lowest BCUT2D eigenvalue weighted by Gasteiger charge is -2.21. The Labute approximate surface area is 113 Å². The first-order valence-corrected chi connectivity index (χ1v) is 6.26. The Hall–Kier alpha value is -0.590. The van der Waals surface area contributed by atoms with Gasteiger partial charge in [-0.3, -0.25) is 0 Å². The molecule has 2 nitrogen and oxygen atoms in total. The molecule has 6 heteroatoms. The maximum atomic E-state index is 12.0. The van der Waals surface area contributed by atoms with Crippen molar-refractivity contribution in [2.45, 2.75) is 18.7 Å². The van der Waals surface area contributed by atoms with Crippen molar-refractivity contribution in [2.24, 2.45) is 0 Å². The van der Waals surface area contributed by atoms with Crippen molar-refractivity contribution in [3.05, 3.63) is 34.3 Å². The summed E-state index contributed by atoms with van der Waals surface area (Å²) in [7, 11) is 1.56. The second-order valence-corrected chi connectivity index (χ2v) is 5.11. The van der Waals surface area contributed by atoms with E-state index in [4.69, 9.17) is 0 Å². The Morgan fingerprint density at radius 3 is 2.33 bits per heavy atom. The molecule has 1 rings (SSSR count). The molecule has 0 saturated heterocycles. The van der Waals surface area contributed by atoms with E-state index in [-0.39, 0.29) is 13.1 Å². The average molecular weight is 326 g/mol. The zero-order chi connectivity index (χ0) is 13.8. The van der Waals surface area contributed by atoms with E-state index in [9.17, 15) is 18.3 Å². The number of alkyl halides is 3. The Morgan fingerprint density at radius 1 is 1.28 bits per heavy atom. The van der Waals surface area contributed by atoms with Crippen LogP contribution in [0.2, 0.25) is 0 Å². The van der Waals surface area contributed by atoms with E-state index in [1.165, 1.54) is 4.90 Å². The fraction of sp³-hybridized carbons (Fsp3) is 0.500. The molecular formula is C12H15BrF3NO. The van der Waals surface area contributed by atoms with E-state index in [1.807, 2.05) is 0 Å². The minimum atomic E-state index is -4.16. The number of hydrogen-bond donors (Lipinski definition) is 1. The topological polar surface area (TPSA) is 23.5 Å². The summed E-state index contributed by atoms with van der Waals surface area (Å²) in [6.07, 6.45) is -5.80. The van der Waals surface area contributed by atoms with Crippen LogP contribution in [0.15, 0.2) is 28.7 Å². The Bertz CT molecular complexity index is 367. The van der Waals surface area contributed by atoms with E-state index >= 15 is 0 Å². The molecule has 0 aromatic heterocycles. The van der Waals surface area contributed by atoms with E-state index in [2.05, 4.69) is 15.9 Å². The van der Waals surface area contributed by atoms with Gasteiger partial charge < -0.3 is 10.0 Å². The molecule has 0 heterocycles. The molecule has 0 aliphatic heterocycles. The number of hydrogen-bond acceptors (Lipinski definition) is 2. The molecule has 0 bridgehead atoms. The monoisotopic (exact) mass is 325 g/mol. The summed E-state index contributed by atoms with van der Waals surface area (Å²) in [6, 6.07) is 7.06. The van der Waals surface area contributed by atoms with Crippen molar-refractivity contribution >= 4 is 15.9 Å². The van der Waals surface area contributed by atoms with E-state index < -0.39 is 18.7 Å². The molecule has 0 radical (unpaired) electrons. The number of benzene rings is 1. The van der Waals surface area contributed by atoms with Crippen LogP contribution in [0.5, 0.6) is 0 Å². The smallest absolute Gasteiger partial charge is 0.387 e. The maximum absolute atomic E-state index is 12.0. The van der Waals surface area contributed by atoms with Crippen LogP contribution in [-0.2, 0) is 0 Å². The summed E-state index contributed by atoms with van der Waals surface area (Å²) in [5, 5.41) is 9.87. The lowest BCUT2D eigenvalue weighted by molar-refractivity contribution is -0.137. The van der Waals surface area contributed by atoms with Crippen molar-refractivity contribution in [1.29, 1.82) is 0 Å². The lowest BCUT2D eigenvalue weighted by atomic mass is 10.1. The molecule has 1 atom stereocenters. The van der Waals surface area contributed by atoms with Crippen molar-refractivity contribution in [3.8, 4) is 0 Å². The molecule has 102 valence electrons. The summed E-state index contributed by atoms with van der Waals surface area (Å²) in [5.41, 5.74) is 0.692. The fourth-order valence-corrected chi connectivity index (χ4v) is 1.76. The van der Waals surface area contributed by atoms with Gasteiger partial charge in [0.15, 0.2) is 0 Å². The third kappa shape index (κ3) is 5.84. The molecule has 0 aliphatic carbocycles. The zero-order valence-electron chi connectivity index (χ0n) is 9.91. The number of aliphatic hydroxyl groups is 1. The summed E-state index contributed by atoms with van der Waals surface area (Å²) in [4.78, 5) is 1.47. The maximum Gasteiger partial charge on any atom is 0.390 e. The van der Waals surface area contributed by atoms with Gasteiger partial charge in [0.25, 0.3) is 0 Å². The van der Waals surface area contributed by atoms with Crippen LogP contribution in [0, 0.1) is 0 Å². The number of aliphatic hydroxyl groups excluding tert-OH is 1. The summed E-state index contributed by atoms with van der Waals surface area (Å²) in [6.45, 7) is 0.0643. The van der Waals surface area contributed by atoms with Gasteiger partial charge in [0.1, 0.15) is 0 Å². The van der Waals surface area contributed by atoms with E-state index in [0.29, 0.717) is 5.56 Å². The highest BCUT2D eigenvalue weighted by Crippen LogP contribution is 2.21. The zero-order valence-corrected chi connectivity index (χ0v) is 11.5. The molecule has 0 fully saturated rings. The van der Waals surface area contributed by atoms with Crippen molar-refractivity contribution in [1.82, 2.24) is 4.90 Å². The number of nitrogens with zero attached hydrogens (tertiary/aromatic N) is 1. The van der Waals surface area contributed by atoms with Crippen molar-refractivity contribution in [2.75, 3.05) is 20.1 Å². The second-order valence-electron chi connectivity index (χ2n) is 4.19. The van der Waals surface area contributed by atoms with Gasteiger partial charge in [-0.1, -0.05) is 28.1 Å². The average Bonchev–Trinajstić information content (AvgIpc) is 2.26. The molecule has 1 N–H and O–H groups in total. The van der Waals surface area contributed by atoms with Gasteiger partial charge in [-0.05, 0) is 24.7 Å². The molecule has 0 amide bonds. The van der Waals surface area contributed by atoms with Gasteiger partial charge in [0, 0.05) is 17.6 Å². The minimum absolute atomic E-state index is 0.114. The van der Waals surface area contributed by atoms with Gasteiger partial charge in [-0.25, -0.2) is 0 Å². The summed E-state index contributed by atoms with van der Waals surface area (Å²) in [5.74, 6) is 0. The first-order valence-electron chi connectivity index (χ1n) is 5.47. The third-order valence-corrected chi connectivity index (χ3v) is 3.05. The highest BCUT2D eigenvalue weighted by atomic mass is 79.9. The predicted molar refractivity (Wildman–Crippen MR) is 67.3 cm³/mol. The lowest BCUT2D eigenvalue weighted by Crippen LogP contribution is -2.28. The number of rotatable bonds is 5. The van der Waals surface area contributed by atoms with Crippen LogP contribution in [0.1, 0.15) is 18.1 Å². The van der Waals surface area contributed by atoms with Crippen LogP contribution >= 0.6 is 15.9 Å². The van der Waals surface area contributed by atoms with E-state index in [0.717, 1.165) is 4.47 Å². The van der Waals surface area contributed by atoms with Crippen molar-refractivity contribution in [3.63, 3.8) is 0 Å². The van der Waals surface area contributed by atoms with Crippen LogP contribution in [0.4, 0.5) is 13.2 Å². The summed E-state index contributed by atoms with van der Waals surface area (Å²) < 4.78 is 37.0. The standard InChI is InChI=1S/C12H15BrF3NO/c1-17(7-6-12(14,15)16)8-11(18)9-2-4-10(13)5-3-9/h2-5,11,18H,6-8H2,1H3. The normalized spacial score (nSPS) is 13.9. The minimum Gasteiger partial charge on any atom is -0.387 e. The van der Waals surface area contributed by atoms with Gasteiger partial charge in [-0.15, -0.1) is 0 Å². The first-order chi connectivity index (χ1) is 8.28. The van der Waals surface area contributed by atoms with Crippen LogP contribution < -0.4 is 0 Å². The second kappa shape index (κ2) is 6.54.